The number of carbonyl (C=O) groups excluding carboxylic acids is 1. The summed E-state index contributed by atoms with van der Waals surface area (Å²) in [5.41, 5.74) is 0.866. The highest BCUT2D eigenvalue weighted by atomic mass is 32.2. The second-order valence-electron chi connectivity index (χ2n) is 2.86. The van der Waals surface area contributed by atoms with E-state index in [1.807, 2.05) is 30.3 Å². The third-order valence-corrected chi connectivity index (χ3v) is 2.74. The Labute approximate surface area is 94.4 Å². The number of nitrogens with zero attached hydrogens (tertiary/aromatic N) is 1. The lowest BCUT2D eigenvalue weighted by Crippen LogP contribution is -2.30. The fourth-order valence-electron chi connectivity index (χ4n) is 1.13. The summed E-state index contributed by atoms with van der Waals surface area (Å²) in [6, 6.07) is 9.52. The number of thioether (sulfide) groups is 1. The van der Waals surface area contributed by atoms with E-state index in [1.54, 1.807) is 16.7 Å². The number of benzene rings is 1. The van der Waals surface area contributed by atoms with Crippen molar-refractivity contribution < 1.29 is 9.53 Å². The van der Waals surface area contributed by atoms with Crippen molar-refractivity contribution in [3.63, 3.8) is 0 Å². The van der Waals surface area contributed by atoms with Crippen LogP contribution in [0.15, 0.2) is 30.3 Å². The number of anilines is 1. The number of hydrogen-bond donors (Lipinski definition) is 0. The van der Waals surface area contributed by atoms with Gasteiger partial charge < -0.3 is 4.74 Å². The summed E-state index contributed by atoms with van der Waals surface area (Å²) in [6.07, 6.45) is -0.317. The molecule has 0 heterocycles. The van der Waals surface area contributed by atoms with E-state index in [1.165, 1.54) is 7.11 Å². The van der Waals surface area contributed by atoms with Crippen molar-refractivity contribution in [3.05, 3.63) is 30.3 Å². The molecular formula is C11H15NO2S. The molecule has 0 aliphatic rings. The molecule has 4 heteroatoms. The monoisotopic (exact) mass is 225 g/mol. The molecule has 1 amide bonds. The Bertz CT molecular complexity index is 303. The van der Waals surface area contributed by atoms with Gasteiger partial charge in [-0.2, -0.15) is 0 Å². The molecule has 0 spiro atoms. The predicted molar refractivity (Wildman–Crippen MR) is 64.3 cm³/mol. The molecule has 0 atom stereocenters. The largest absolute Gasteiger partial charge is 0.452 e. The number of carbonyl (C=O) groups is 1. The molecule has 15 heavy (non-hydrogen) atoms. The van der Waals surface area contributed by atoms with Gasteiger partial charge in [-0.1, -0.05) is 25.1 Å². The summed E-state index contributed by atoms with van der Waals surface area (Å²) >= 11 is 1.68. The highest BCUT2D eigenvalue weighted by Crippen LogP contribution is 2.17. The van der Waals surface area contributed by atoms with Crippen molar-refractivity contribution in [2.24, 2.45) is 0 Å². The normalized spacial score (nSPS) is 9.73. The minimum Gasteiger partial charge on any atom is -0.452 e. The van der Waals surface area contributed by atoms with E-state index in [0.717, 1.165) is 11.4 Å². The van der Waals surface area contributed by atoms with Gasteiger partial charge in [0, 0.05) is 5.69 Å². The second kappa shape index (κ2) is 6.35. The average molecular weight is 225 g/mol. The minimum atomic E-state index is -0.317. The van der Waals surface area contributed by atoms with E-state index in [9.17, 15) is 4.79 Å². The van der Waals surface area contributed by atoms with E-state index in [2.05, 4.69) is 6.92 Å². The molecule has 1 rings (SSSR count). The first kappa shape index (κ1) is 11.9. The summed E-state index contributed by atoms with van der Waals surface area (Å²) in [6.45, 7) is 2.06. The first-order valence-corrected chi connectivity index (χ1v) is 5.93. The standard InChI is InChI=1S/C11H15NO2S/c1-3-15-9-12(11(13)14-2)10-7-5-4-6-8-10/h4-8H,3,9H2,1-2H3. The molecule has 0 aliphatic carbocycles. The number of para-hydroxylation sites is 1. The maximum absolute atomic E-state index is 11.5. The molecule has 0 aliphatic heterocycles. The quantitative estimate of drug-likeness (QED) is 0.738. The van der Waals surface area contributed by atoms with Crippen LogP contribution in [0.3, 0.4) is 0 Å². The summed E-state index contributed by atoms with van der Waals surface area (Å²) in [5, 5.41) is 0. The van der Waals surface area contributed by atoms with Crippen molar-refractivity contribution in [2.75, 3.05) is 23.6 Å². The predicted octanol–water partition coefficient (Wildman–Crippen LogP) is 2.97. The van der Waals surface area contributed by atoms with Crippen LogP contribution in [-0.2, 0) is 4.74 Å². The Morgan fingerprint density at radius 1 is 1.40 bits per heavy atom. The Morgan fingerprint density at radius 2 is 2.07 bits per heavy atom. The molecule has 0 saturated carbocycles. The zero-order chi connectivity index (χ0) is 11.1. The van der Waals surface area contributed by atoms with Gasteiger partial charge in [-0.15, -0.1) is 11.8 Å². The number of hydrogen-bond acceptors (Lipinski definition) is 3. The van der Waals surface area contributed by atoms with Gasteiger partial charge in [-0.05, 0) is 17.9 Å². The summed E-state index contributed by atoms with van der Waals surface area (Å²) in [5.74, 6) is 1.59. The molecule has 0 radical (unpaired) electrons. The zero-order valence-corrected chi connectivity index (χ0v) is 9.79. The molecule has 1 aromatic carbocycles. The maximum atomic E-state index is 11.5. The van der Waals surface area contributed by atoms with Crippen LogP contribution < -0.4 is 4.90 Å². The minimum absolute atomic E-state index is 0.317. The van der Waals surface area contributed by atoms with Gasteiger partial charge in [0.25, 0.3) is 0 Å². The smallest absolute Gasteiger partial charge is 0.414 e. The first-order chi connectivity index (χ1) is 7.29. The summed E-state index contributed by atoms with van der Waals surface area (Å²) in [7, 11) is 1.40. The fourth-order valence-corrected chi connectivity index (χ4v) is 1.75. The molecule has 0 N–H and O–H groups in total. The fraction of sp³-hybridized carbons (Fsp3) is 0.364. The molecule has 0 bridgehead atoms. The zero-order valence-electron chi connectivity index (χ0n) is 8.97. The molecule has 0 saturated heterocycles. The van der Waals surface area contributed by atoms with Gasteiger partial charge in [0.1, 0.15) is 0 Å². The molecular weight excluding hydrogens is 210 g/mol. The molecule has 0 unspecified atom stereocenters. The summed E-state index contributed by atoms with van der Waals surface area (Å²) < 4.78 is 4.74. The van der Waals surface area contributed by atoms with Crippen LogP contribution in [0.25, 0.3) is 0 Å². The van der Waals surface area contributed by atoms with Crippen molar-refractivity contribution in [2.45, 2.75) is 6.92 Å². The summed E-state index contributed by atoms with van der Waals surface area (Å²) in [4.78, 5) is 13.1. The van der Waals surface area contributed by atoms with Crippen molar-refractivity contribution in [1.82, 2.24) is 0 Å². The number of ether oxygens (including phenoxy) is 1. The van der Waals surface area contributed by atoms with E-state index in [4.69, 9.17) is 4.74 Å². The van der Waals surface area contributed by atoms with Crippen LogP contribution in [0, 0.1) is 0 Å². The average Bonchev–Trinajstić information content (AvgIpc) is 2.30. The van der Waals surface area contributed by atoms with Crippen LogP contribution in [0.5, 0.6) is 0 Å². The third-order valence-electron chi connectivity index (χ3n) is 1.89. The molecule has 3 nitrogen and oxygen atoms in total. The van der Waals surface area contributed by atoms with Crippen LogP contribution in [-0.4, -0.2) is 24.8 Å². The molecule has 1 aromatic rings. The Kier molecular flexibility index (Phi) is 5.04. The third kappa shape index (κ3) is 3.47. The first-order valence-electron chi connectivity index (χ1n) is 4.78. The lowest BCUT2D eigenvalue weighted by molar-refractivity contribution is 0.180. The van der Waals surface area contributed by atoms with Crippen LogP contribution in [0.1, 0.15) is 6.92 Å². The Balaban J connectivity index is 2.76. The van der Waals surface area contributed by atoms with Gasteiger partial charge in [0.05, 0.1) is 13.0 Å². The van der Waals surface area contributed by atoms with E-state index in [-0.39, 0.29) is 6.09 Å². The topological polar surface area (TPSA) is 29.5 Å². The highest BCUT2D eigenvalue weighted by Gasteiger charge is 2.14. The lowest BCUT2D eigenvalue weighted by Gasteiger charge is -2.20. The number of amides is 1. The number of methoxy groups -OCH3 is 1. The number of rotatable bonds is 4. The van der Waals surface area contributed by atoms with Gasteiger partial charge in [0.2, 0.25) is 0 Å². The van der Waals surface area contributed by atoms with Crippen LogP contribution in [0.4, 0.5) is 10.5 Å². The van der Waals surface area contributed by atoms with Gasteiger partial charge in [0.15, 0.2) is 0 Å². The van der Waals surface area contributed by atoms with Crippen LogP contribution >= 0.6 is 11.8 Å². The molecule has 0 fully saturated rings. The van der Waals surface area contributed by atoms with Crippen molar-refractivity contribution in [3.8, 4) is 0 Å². The molecule has 0 aromatic heterocycles. The van der Waals surface area contributed by atoms with Crippen LogP contribution in [0.2, 0.25) is 0 Å². The molecule has 82 valence electrons. The van der Waals surface area contributed by atoms with Crippen molar-refractivity contribution in [1.29, 1.82) is 0 Å². The van der Waals surface area contributed by atoms with Gasteiger partial charge >= 0.3 is 6.09 Å². The Morgan fingerprint density at radius 3 is 2.60 bits per heavy atom. The lowest BCUT2D eigenvalue weighted by atomic mass is 10.3. The Hall–Kier alpha value is -1.16. The van der Waals surface area contributed by atoms with E-state index >= 15 is 0 Å². The van der Waals surface area contributed by atoms with Gasteiger partial charge in [-0.25, -0.2) is 4.79 Å². The SMILES string of the molecule is CCSCN(C(=O)OC)c1ccccc1. The van der Waals surface area contributed by atoms with Gasteiger partial charge in [-0.3, -0.25) is 4.90 Å². The maximum Gasteiger partial charge on any atom is 0.414 e. The van der Waals surface area contributed by atoms with Crippen molar-refractivity contribution >= 4 is 23.5 Å². The highest BCUT2D eigenvalue weighted by molar-refractivity contribution is 7.99. The van der Waals surface area contributed by atoms with E-state index < -0.39 is 0 Å². The van der Waals surface area contributed by atoms with E-state index in [0.29, 0.717) is 5.88 Å². The second-order valence-corrected chi connectivity index (χ2v) is 4.10.